The summed E-state index contributed by atoms with van der Waals surface area (Å²) in [6, 6.07) is 9.46. The number of aromatic nitrogens is 5. The third-order valence-corrected chi connectivity index (χ3v) is 2.66. The number of fused-ring (bicyclic) bond motifs is 1. The number of aromatic amines is 1. The molecule has 1 amide bonds. The van der Waals surface area contributed by atoms with Crippen LogP contribution in [-0.2, 0) is 0 Å². The molecular weight excluding hydrogens is 244 g/mol. The predicted molar refractivity (Wildman–Crippen MR) is 68.6 cm³/mol. The van der Waals surface area contributed by atoms with E-state index in [4.69, 9.17) is 0 Å². The lowest BCUT2D eigenvalue weighted by Crippen LogP contribution is -2.14. The van der Waals surface area contributed by atoms with Crippen molar-refractivity contribution in [2.75, 3.05) is 5.32 Å². The summed E-state index contributed by atoms with van der Waals surface area (Å²) in [4.78, 5) is 16.3. The number of hydrogen-bond donors (Lipinski definition) is 2. The van der Waals surface area contributed by atoms with Crippen molar-refractivity contribution in [2.24, 2.45) is 0 Å². The molecule has 0 aliphatic heterocycles. The molecule has 2 N–H and O–H groups in total. The van der Waals surface area contributed by atoms with E-state index in [0.717, 1.165) is 16.6 Å². The van der Waals surface area contributed by atoms with Crippen LogP contribution in [0.4, 0.5) is 5.69 Å². The second kappa shape index (κ2) is 4.45. The fourth-order valence-corrected chi connectivity index (χ4v) is 1.78. The van der Waals surface area contributed by atoms with E-state index in [9.17, 15) is 4.79 Å². The number of benzene rings is 1. The molecule has 0 aliphatic carbocycles. The van der Waals surface area contributed by atoms with E-state index in [1.165, 1.54) is 0 Å². The highest BCUT2D eigenvalue weighted by Gasteiger charge is 2.12. The first-order valence-electron chi connectivity index (χ1n) is 5.65. The summed E-state index contributed by atoms with van der Waals surface area (Å²) in [5.74, 6) is -0.436. The van der Waals surface area contributed by atoms with Gasteiger partial charge in [-0.15, -0.1) is 10.2 Å². The zero-order valence-electron chi connectivity index (χ0n) is 10.1. The molecular formula is C12H10N6O. The summed E-state index contributed by atoms with van der Waals surface area (Å²) in [6.07, 6.45) is 0. The fraction of sp³-hybridized carbons (Fsp3) is 0.0833. The molecule has 7 nitrogen and oxygen atoms in total. The van der Waals surface area contributed by atoms with Crippen LogP contribution in [-0.4, -0.2) is 31.5 Å². The number of para-hydroxylation sites is 1. The number of aryl methyl sites for hydroxylation is 1. The topological polar surface area (TPSA) is 96.5 Å². The van der Waals surface area contributed by atoms with Gasteiger partial charge in [0.25, 0.3) is 11.7 Å². The summed E-state index contributed by atoms with van der Waals surface area (Å²) < 4.78 is 0. The number of carbonyl (C=O) groups excluding carboxylic acids is 1. The average molecular weight is 254 g/mol. The minimum absolute atomic E-state index is 0.00958. The maximum absolute atomic E-state index is 11.9. The molecule has 0 bridgehead atoms. The number of amides is 1. The lowest BCUT2D eigenvalue weighted by atomic mass is 10.1. The van der Waals surface area contributed by atoms with Gasteiger partial charge in [0.15, 0.2) is 0 Å². The summed E-state index contributed by atoms with van der Waals surface area (Å²) in [5.41, 5.74) is 2.24. The quantitative estimate of drug-likeness (QED) is 0.718. The normalized spacial score (nSPS) is 10.6. The SMILES string of the molecule is Cc1ccc2cccc(NC(=O)c3nn[nH]n3)c2n1. The van der Waals surface area contributed by atoms with Gasteiger partial charge in [-0.05, 0) is 24.3 Å². The van der Waals surface area contributed by atoms with Crippen molar-refractivity contribution in [1.29, 1.82) is 0 Å². The standard InChI is InChI=1S/C12H10N6O/c1-7-5-6-8-3-2-4-9(10(8)13-7)14-12(19)11-15-17-18-16-11/h2-6H,1H3,(H,14,19)(H,15,16,17,18). The Morgan fingerprint density at radius 3 is 2.95 bits per heavy atom. The molecule has 3 rings (SSSR count). The van der Waals surface area contributed by atoms with Crippen molar-refractivity contribution < 1.29 is 4.79 Å². The molecule has 2 heterocycles. The number of tetrazole rings is 1. The Morgan fingerprint density at radius 1 is 1.26 bits per heavy atom. The molecule has 0 unspecified atom stereocenters. The first-order valence-corrected chi connectivity index (χ1v) is 5.65. The molecule has 7 heteroatoms. The highest BCUT2D eigenvalue weighted by atomic mass is 16.2. The minimum Gasteiger partial charge on any atom is -0.317 e. The van der Waals surface area contributed by atoms with Crippen LogP contribution < -0.4 is 5.32 Å². The minimum atomic E-state index is -0.426. The number of pyridine rings is 1. The second-order valence-corrected chi connectivity index (χ2v) is 4.02. The van der Waals surface area contributed by atoms with Crippen molar-refractivity contribution in [3.8, 4) is 0 Å². The second-order valence-electron chi connectivity index (χ2n) is 4.02. The Balaban J connectivity index is 2.01. The Labute approximate surface area is 108 Å². The molecule has 0 fully saturated rings. The highest BCUT2D eigenvalue weighted by molar-refractivity contribution is 6.06. The smallest absolute Gasteiger partial charge is 0.297 e. The van der Waals surface area contributed by atoms with E-state index in [2.05, 4.69) is 30.9 Å². The van der Waals surface area contributed by atoms with Crippen molar-refractivity contribution in [2.45, 2.75) is 6.92 Å². The van der Waals surface area contributed by atoms with Crippen LogP contribution in [0, 0.1) is 6.92 Å². The van der Waals surface area contributed by atoms with Gasteiger partial charge in [-0.2, -0.15) is 5.21 Å². The summed E-state index contributed by atoms with van der Waals surface area (Å²) in [7, 11) is 0. The van der Waals surface area contributed by atoms with Gasteiger partial charge < -0.3 is 5.32 Å². The maximum Gasteiger partial charge on any atom is 0.297 e. The van der Waals surface area contributed by atoms with E-state index in [1.54, 1.807) is 6.07 Å². The number of anilines is 1. The van der Waals surface area contributed by atoms with E-state index >= 15 is 0 Å². The van der Waals surface area contributed by atoms with Crippen molar-refractivity contribution in [1.82, 2.24) is 25.6 Å². The molecule has 1 aromatic carbocycles. The van der Waals surface area contributed by atoms with Crippen LogP contribution in [0.1, 0.15) is 16.3 Å². The summed E-state index contributed by atoms with van der Waals surface area (Å²) in [5, 5.41) is 16.5. The molecule has 0 aliphatic rings. The molecule has 2 aromatic heterocycles. The van der Waals surface area contributed by atoms with Gasteiger partial charge in [0.05, 0.1) is 11.2 Å². The van der Waals surface area contributed by atoms with Gasteiger partial charge in [-0.3, -0.25) is 9.78 Å². The van der Waals surface area contributed by atoms with Crippen molar-refractivity contribution in [3.05, 3.63) is 41.9 Å². The molecule has 3 aromatic rings. The first kappa shape index (κ1) is 11.3. The molecule has 0 spiro atoms. The first-order chi connectivity index (χ1) is 9.24. The molecule has 0 atom stereocenters. The van der Waals surface area contributed by atoms with Crippen LogP contribution in [0.2, 0.25) is 0 Å². The average Bonchev–Trinajstić information content (AvgIpc) is 2.93. The summed E-state index contributed by atoms with van der Waals surface area (Å²) >= 11 is 0. The van der Waals surface area contributed by atoms with Gasteiger partial charge in [-0.1, -0.05) is 18.2 Å². The predicted octanol–water partition coefficient (Wildman–Crippen LogP) is 1.31. The van der Waals surface area contributed by atoms with Crippen LogP contribution in [0.3, 0.4) is 0 Å². The summed E-state index contributed by atoms with van der Waals surface area (Å²) in [6.45, 7) is 1.90. The van der Waals surface area contributed by atoms with Gasteiger partial charge in [0.2, 0.25) is 0 Å². The molecule has 19 heavy (non-hydrogen) atoms. The third-order valence-electron chi connectivity index (χ3n) is 2.66. The largest absolute Gasteiger partial charge is 0.317 e. The van der Waals surface area contributed by atoms with Crippen molar-refractivity contribution >= 4 is 22.5 Å². The Kier molecular flexibility index (Phi) is 2.64. The van der Waals surface area contributed by atoms with Crippen LogP contribution in [0.5, 0.6) is 0 Å². The Hall–Kier alpha value is -2.83. The van der Waals surface area contributed by atoms with Crippen LogP contribution in [0.25, 0.3) is 10.9 Å². The van der Waals surface area contributed by atoms with Gasteiger partial charge in [0, 0.05) is 11.1 Å². The van der Waals surface area contributed by atoms with E-state index in [1.807, 2.05) is 31.2 Å². The maximum atomic E-state index is 11.9. The van der Waals surface area contributed by atoms with E-state index < -0.39 is 5.91 Å². The number of rotatable bonds is 2. The number of nitrogens with zero attached hydrogens (tertiary/aromatic N) is 4. The van der Waals surface area contributed by atoms with Gasteiger partial charge >= 0.3 is 0 Å². The van der Waals surface area contributed by atoms with Crippen LogP contribution in [0.15, 0.2) is 30.3 Å². The van der Waals surface area contributed by atoms with E-state index in [-0.39, 0.29) is 5.82 Å². The molecule has 0 radical (unpaired) electrons. The molecule has 0 saturated heterocycles. The van der Waals surface area contributed by atoms with E-state index in [0.29, 0.717) is 5.69 Å². The third kappa shape index (κ3) is 2.13. The zero-order chi connectivity index (χ0) is 13.2. The number of hydrogen-bond acceptors (Lipinski definition) is 5. The highest BCUT2D eigenvalue weighted by Crippen LogP contribution is 2.21. The number of carbonyl (C=O) groups is 1. The van der Waals surface area contributed by atoms with Gasteiger partial charge in [-0.25, -0.2) is 0 Å². The van der Waals surface area contributed by atoms with Crippen LogP contribution >= 0.6 is 0 Å². The number of H-pyrrole nitrogens is 1. The molecule has 0 saturated carbocycles. The lowest BCUT2D eigenvalue weighted by molar-refractivity contribution is 0.101. The number of nitrogens with one attached hydrogen (secondary N) is 2. The monoisotopic (exact) mass is 254 g/mol. The fourth-order valence-electron chi connectivity index (χ4n) is 1.78. The molecule has 94 valence electrons. The Morgan fingerprint density at radius 2 is 2.16 bits per heavy atom. The Bertz CT molecular complexity index is 737. The van der Waals surface area contributed by atoms with Crippen molar-refractivity contribution in [3.63, 3.8) is 0 Å². The zero-order valence-corrected chi connectivity index (χ0v) is 10.1. The lowest BCUT2D eigenvalue weighted by Gasteiger charge is -2.06. The van der Waals surface area contributed by atoms with Gasteiger partial charge in [0.1, 0.15) is 0 Å².